The Morgan fingerprint density at radius 1 is 1.11 bits per heavy atom. The van der Waals surface area contributed by atoms with Crippen LogP contribution in [0.2, 0.25) is 0 Å². The molecule has 0 saturated carbocycles. The summed E-state index contributed by atoms with van der Waals surface area (Å²) in [4.78, 5) is 16.7. The van der Waals surface area contributed by atoms with Gasteiger partial charge in [-0.05, 0) is 47.1 Å². The Labute approximate surface area is 168 Å². The van der Waals surface area contributed by atoms with Crippen LogP contribution in [0.3, 0.4) is 0 Å². The Morgan fingerprint density at radius 3 is 2.50 bits per heavy atom. The topological polar surface area (TPSA) is 56.0 Å². The van der Waals surface area contributed by atoms with Crippen molar-refractivity contribution in [2.75, 3.05) is 0 Å². The first-order valence-corrected chi connectivity index (χ1v) is 10.1. The maximum Gasteiger partial charge on any atom is 0.225 e. The van der Waals surface area contributed by atoms with E-state index in [-0.39, 0.29) is 17.2 Å². The molecule has 0 radical (unpaired) electrons. The van der Waals surface area contributed by atoms with Crippen LogP contribution in [0.25, 0.3) is 10.9 Å². The molecule has 0 bridgehead atoms. The van der Waals surface area contributed by atoms with E-state index in [1.54, 1.807) is 6.20 Å². The Morgan fingerprint density at radius 2 is 1.82 bits per heavy atom. The molecule has 1 atom stereocenters. The van der Waals surface area contributed by atoms with E-state index in [0.29, 0.717) is 6.42 Å². The molecule has 3 heteroatoms. The van der Waals surface area contributed by atoms with Gasteiger partial charge in [-0.15, -0.1) is 0 Å². The summed E-state index contributed by atoms with van der Waals surface area (Å²) in [6.07, 6.45) is 5.98. The molecular weight excluding hydrogens is 344 g/mol. The number of amides is 1. The van der Waals surface area contributed by atoms with Gasteiger partial charge in [-0.3, -0.25) is 9.78 Å². The lowest BCUT2D eigenvalue weighted by molar-refractivity contribution is -0.119. The molecule has 0 aliphatic rings. The molecule has 146 valence electrons. The molecule has 28 heavy (non-hydrogen) atoms. The van der Waals surface area contributed by atoms with Crippen LogP contribution >= 0.6 is 0 Å². The number of hydrogen-bond donors (Lipinski definition) is 1. The Bertz CT molecular complexity index is 944. The van der Waals surface area contributed by atoms with E-state index < -0.39 is 0 Å². The van der Waals surface area contributed by atoms with Gasteiger partial charge in [0.25, 0.3) is 0 Å². The van der Waals surface area contributed by atoms with E-state index in [4.69, 9.17) is 5.73 Å². The van der Waals surface area contributed by atoms with Gasteiger partial charge < -0.3 is 5.73 Å². The van der Waals surface area contributed by atoms with Crippen LogP contribution in [-0.2, 0) is 16.6 Å². The van der Waals surface area contributed by atoms with Gasteiger partial charge >= 0.3 is 0 Å². The average Bonchev–Trinajstić information content (AvgIpc) is 2.70. The second-order valence-electron chi connectivity index (χ2n) is 8.30. The number of hydrogen-bond acceptors (Lipinski definition) is 2. The van der Waals surface area contributed by atoms with E-state index in [9.17, 15) is 4.79 Å². The first kappa shape index (κ1) is 20.1. The van der Waals surface area contributed by atoms with Crippen molar-refractivity contribution in [1.29, 1.82) is 0 Å². The summed E-state index contributed by atoms with van der Waals surface area (Å²) in [6, 6.07) is 18.6. The van der Waals surface area contributed by atoms with Gasteiger partial charge in [-0.1, -0.05) is 76.1 Å². The fraction of sp³-hybridized carbons (Fsp3) is 0.360. The summed E-state index contributed by atoms with van der Waals surface area (Å²) < 4.78 is 0. The van der Waals surface area contributed by atoms with Gasteiger partial charge in [0.2, 0.25) is 5.91 Å². The van der Waals surface area contributed by atoms with Crippen molar-refractivity contribution < 1.29 is 4.79 Å². The SMILES string of the molecule is CCCCC(C)(C)c1ccc(CC(C(N)=O)c2cnc3ccccc3c2)cc1. The van der Waals surface area contributed by atoms with Gasteiger partial charge in [0.05, 0.1) is 11.4 Å². The molecule has 1 heterocycles. The molecule has 0 aliphatic carbocycles. The Balaban J connectivity index is 1.81. The third kappa shape index (κ3) is 4.59. The molecule has 2 N–H and O–H groups in total. The van der Waals surface area contributed by atoms with Gasteiger partial charge in [-0.2, -0.15) is 0 Å². The summed E-state index contributed by atoms with van der Waals surface area (Å²) in [6.45, 7) is 6.82. The first-order valence-electron chi connectivity index (χ1n) is 10.1. The summed E-state index contributed by atoms with van der Waals surface area (Å²) in [5.41, 5.74) is 10.2. The van der Waals surface area contributed by atoms with Crippen molar-refractivity contribution >= 4 is 16.8 Å². The number of primary amides is 1. The molecule has 0 fully saturated rings. The zero-order valence-corrected chi connectivity index (χ0v) is 17.1. The highest BCUT2D eigenvalue weighted by atomic mass is 16.1. The molecule has 0 spiro atoms. The van der Waals surface area contributed by atoms with Crippen LogP contribution in [0.4, 0.5) is 0 Å². The summed E-state index contributed by atoms with van der Waals surface area (Å²) >= 11 is 0. The number of rotatable bonds is 8. The molecule has 1 amide bonds. The van der Waals surface area contributed by atoms with Gasteiger partial charge in [0.15, 0.2) is 0 Å². The highest BCUT2D eigenvalue weighted by Gasteiger charge is 2.22. The normalized spacial score (nSPS) is 12.8. The summed E-state index contributed by atoms with van der Waals surface area (Å²) in [7, 11) is 0. The molecule has 0 saturated heterocycles. The number of nitrogens with two attached hydrogens (primary N) is 1. The number of unbranched alkanes of at least 4 members (excludes halogenated alkanes) is 1. The van der Waals surface area contributed by atoms with Crippen molar-refractivity contribution in [3.63, 3.8) is 0 Å². The average molecular weight is 375 g/mol. The summed E-state index contributed by atoms with van der Waals surface area (Å²) in [5.74, 6) is -0.694. The fourth-order valence-corrected chi connectivity index (χ4v) is 3.75. The summed E-state index contributed by atoms with van der Waals surface area (Å²) in [5, 5.41) is 1.03. The Kier molecular flexibility index (Phi) is 6.13. The quantitative estimate of drug-likeness (QED) is 0.565. The number of carbonyl (C=O) groups excluding carboxylic acids is 1. The second-order valence-corrected chi connectivity index (χ2v) is 8.30. The minimum atomic E-state index is -0.379. The molecule has 3 aromatic rings. The van der Waals surface area contributed by atoms with Crippen molar-refractivity contribution in [1.82, 2.24) is 4.98 Å². The zero-order chi connectivity index (χ0) is 20.1. The molecule has 1 unspecified atom stereocenters. The third-order valence-electron chi connectivity index (χ3n) is 5.69. The molecule has 3 nitrogen and oxygen atoms in total. The number of benzene rings is 2. The van der Waals surface area contributed by atoms with Crippen LogP contribution in [0, 0.1) is 0 Å². The van der Waals surface area contributed by atoms with Crippen LogP contribution in [0.5, 0.6) is 0 Å². The van der Waals surface area contributed by atoms with Crippen molar-refractivity contribution in [3.05, 3.63) is 77.5 Å². The third-order valence-corrected chi connectivity index (χ3v) is 5.69. The first-order chi connectivity index (χ1) is 13.4. The number of aromatic nitrogens is 1. The minimum Gasteiger partial charge on any atom is -0.369 e. The lowest BCUT2D eigenvalue weighted by Crippen LogP contribution is -2.23. The van der Waals surface area contributed by atoms with Crippen LogP contribution in [0.15, 0.2) is 60.8 Å². The predicted molar refractivity (Wildman–Crippen MR) is 116 cm³/mol. The van der Waals surface area contributed by atoms with Crippen LogP contribution < -0.4 is 5.73 Å². The zero-order valence-electron chi connectivity index (χ0n) is 17.1. The van der Waals surface area contributed by atoms with E-state index in [1.807, 2.05) is 30.3 Å². The smallest absolute Gasteiger partial charge is 0.225 e. The lowest BCUT2D eigenvalue weighted by atomic mass is 9.79. The molecule has 3 rings (SSSR count). The largest absolute Gasteiger partial charge is 0.369 e. The van der Waals surface area contributed by atoms with E-state index >= 15 is 0 Å². The van der Waals surface area contributed by atoms with Gasteiger partial charge in [-0.25, -0.2) is 0 Å². The lowest BCUT2D eigenvalue weighted by Gasteiger charge is -2.25. The fourth-order valence-electron chi connectivity index (χ4n) is 3.75. The highest BCUT2D eigenvalue weighted by molar-refractivity contribution is 5.85. The number of para-hydroxylation sites is 1. The number of pyridine rings is 1. The molecular formula is C25H30N2O. The van der Waals surface area contributed by atoms with E-state index in [2.05, 4.69) is 50.0 Å². The van der Waals surface area contributed by atoms with Crippen molar-refractivity contribution in [3.8, 4) is 0 Å². The van der Waals surface area contributed by atoms with Crippen LogP contribution in [0.1, 0.15) is 62.6 Å². The van der Waals surface area contributed by atoms with Crippen LogP contribution in [-0.4, -0.2) is 10.9 Å². The maximum absolute atomic E-state index is 12.2. The molecule has 0 aliphatic heterocycles. The number of carbonyl (C=O) groups is 1. The second kappa shape index (κ2) is 8.55. The Hall–Kier alpha value is -2.68. The molecule has 1 aromatic heterocycles. The standard InChI is InChI=1S/C25H30N2O/c1-4-5-14-25(2,3)21-12-10-18(11-13-21)15-22(24(26)28)20-16-19-8-6-7-9-23(19)27-17-20/h6-13,16-17,22H,4-5,14-15H2,1-3H3,(H2,26,28). The minimum absolute atomic E-state index is 0.167. The number of fused-ring (bicyclic) bond motifs is 1. The maximum atomic E-state index is 12.2. The molecule has 2 aromatic carbocycles. The van der Waals surface area contributed by atoms with Gasteiger partial charge in [0, 0.05) is 11.6 Å². The van der Waals surface area contributed by atoms with E-state index in [0.717, 1.165) is 22.0 Å². The highest BCUT2D eigenvalue weighted by Crippen LogP contribution is 2.30. The van der Waals surface area contributed by atoms with Gasteiger partial charge in [0.1, 0.15) is 0 Å². The van der Waals surface area contributed by atoms with E-state index in [1.165, 1.54) is 24.8 Å². The monoisotopic (exact) mass is 374 g/mol. The van der Waals surface area contributed by atoms with Crippen molar-refractivity contribution in [2.24, 2.45) is 5.73 Å². The predicted octanol–water partition coefficient (Wildman–Crippen LogP) is 5.51. The van der Waals surface area contributed by atoms with Crippen molar-refractivity contribution in [2.45, 2.75) is 57.8 Å². The number of nitrogens with zero attached hydrogens (tertiary/aromatic N) is 1.